The van der Waals surface area contributed by atoms with Gasteiger partial charge in [-0.15, -0.1) is 11.3 Å². The Balaban J connectivity index is 1.74. The Labute approximate surface area is 246 Å². The highest BCUT2D eigenvalue weighted by atomic mass is 32.2. The number of hydrogen-bond acceptors (Lipinski definition) is 10. The van der Waals surface area contributed by atoms with Gasteiger partial charge in [0.2, 0.25) is 16.0 Å². The van der Waals surface area contributed by atoms with Gasteiger partial charge in [0.05, 0.1) is 29.5 Å². The van der Waals surface area contributed by atoms with Crippen LogP contribution < -0.4 is 14.9 Å². The Hall–Kier alpha value is -3.20. The Morgan fingerprint density at radius 3 is 2.05 bits per heavy atom. The summed E-state index contributed by atoms with van der Waals surface area (Å²) >= 11 is 0.806. The van der Waals surface area contributed by atoms with E-state index in [1.165, 1.54) is 29.2 Å². The third-order valence-electron chi connectivity index (χ3n) is 6.60. The highest BCUT2D eigenvalue weighted by Gasteiger charge is 2.71. The number of anilines is 3. The molecule has 0 aliphatic carbocycles. The minimum Gasteiger partial charge on any atom is -0.391 e. The fraction of sp³-hybridized carbons (Fsp3) is 0.391. The monoisotopic (exact) mass is 674 g/mol. The molecule has 3 N–H and O–H groups in total. The van der Waals surface area contributed by atoms with Crippen molar-refractivity contribution in [3.8, 4) is 0 Å². The van der Waals surface area contributed by atoms with Gasteiger partial charge in [-0.1, -0.05) is 18.2 Å². The van der Waals surface area contributed by atoms with E-state index in [0.29, 0.717) is 0 Å². The second-order valence-corrected chi connectivity index (χ2v) is 14.7. The molecule has 1 fully saturated rings. The van der Waals surface area contributed by atoms with E-state index in [-0.39, 0.29) is 46.9 Å². The van der Waals surface area contributed by atoms with E-state index in [1.54, 1.807) is 18.2 Å². The molecule has 1 aliphatic heterocycles. The quantitative estimate of drug-likeness (QED) is 0.344. The minimum absolute atomic E-state index is 0.0839. The lowest BCUT2D eigenvalue weighted by Gasteiger charge is -2.42. The predicted molar refractivity (Wildman–Crippen MR) is 145 cm³/mol. The van der Waals surface area contributed by atoms with Crippen LogP contribution in [-0.2, 0) is 25.6 Å². The molecule has 236 valence electrons. The first-order valence-corrected chi connectivity index (χ1v) is 16.2. The average molecular weight is 675 g/mol. The van der Waals surface area contributed by atoms with Crippen LogP contribution in [0, 0.1) is 0 Å². The van der Waals surface area contributed by atoms with Crippen molar-refractivity contribution in [3.05, 3.63) is 60.4 Å². The number of aromatic nitrogens is 2. The SMILES string of the molecule is CS(=O)(=O)N(C[C@H]1CN(S(=O)(=O)c2ccc(N)s2)CCN1c1ncc(C(O)(C(F)(F)F)C(F)(F)F)cn1)c1ccccc1. The van der Waals surface area contributed by atoms with Gasteiger partial charge in [-0.3, -0.25) is 4.31 Å². The summed E-state index contributed by atoms with van der Waals surface area (Å²) in [6, 6.07) is 9.35. The molecule has 0 unspecified atom stereocenters. The molecule has 1 aromatic carbocycles. The lowest BCUT2D eigenvalue weighted by atomic mass is 9.95. The number of piperazine rings is 1. The summed E-state index contributed by atoms with van der Waals surface area (Å²) < 4.78 is 134. The van der Waals surface area contributed by atoms with Gasteiger partial charge in [0.1, 0.15) is 4.21 Å². The Morgan fingerprint density at radius 2 is 1.56 bits per heavy atom. The molecule has 0 radical (unpaired) electrons. The number of nitrogens with zero attached hydrogens (tertiary/aromatic N) is 5. The first-order valence-electron chi connectivity index (χ1n) is 12.1. The van der Waals surface area contributed by atoms with Crippen molar-refractivity contribution in [1.82, 2.24) is 14.3 Å². The largest absolute Gasteiger partial charge is 0.430 e. The molecule has 1 aliphatic rings. The minimum atomic E-state index is -6.16. The zero-order valence-electron chi connectivity index (χ0n) is 22.0. The van der Waals surface area contributed by atoms with E-state index < -0.39 is 62.1 Å². The number of nitrogen functional groups attached to an aromatic ring is 1. The summed E-state index contributed by atoms with van der Waals surface area (Å²) in [7, 11) is -8.10. The molecule has 1 atom stereocenters. The maximum Gasteiger partial charge on any atom is 0.430 e. The summed E-state index contributed by atoms with van der Waals surface area (Å²) in [5.74, 6) is -0.417. The van der Waals surface area contributed by atoms with Gasteiger partial charge in [0.25, 0.3) is 15.6 Å². The summed E-state index contributed by atoms with van der Waals surface area (Å²) in [5, 5.41) is 9.91. The van der Waals surface area contributed by atoms with Crippen molar-refractivity contribution in [2.45, 2.75) is 28.2 Å². The number of alkyl halides is 6. The predicted octanol–water partition coefficient (Wildman–Crippen LogP) is 2.78. The molecule has 3 aromatic rings. The number of rotatable bonds is 8. The third kappa shape index (κ3) is 6.37. The zero-order valence-corrected chi connectivity index (χ0v) is 24.4. The highest BCUT2D eigenvalue weighted by Crippen LogP contribution is 2.49. The van der Waals surface area contributed by atoms with Gasteiger partial charge in [-0.2, -0.15) is 30.6 Å². The van der Waals surface area contributed by atoms with Gasteiger partial charge >= 0.3 is 12.4 Å². The Kier molecular flexibility index (Phi) is 8.66. The molecule has 0 saturated carbocycles. The van der Waals surface area contributed by atoms with Gasteiger partial charge in [-0.25, -0.2) is 26.8 Å². The van der Waals surface area contributed by atoms with E-state index in [9.17, 15) is 48.3 Å². The highest BCUT2D eigenvalue weighted by molar-refractivity contribution is 7.92. The molecule has 4 rings (SSSR count). The standard InChI is InChI=1S/C23H24F6N6O5S3/c1-42(37,38)35(16-5-3-2-4-6-16)14-17-13-33(43(39,40)19-8-7-18(30)41-19)9-10-34(17)20-31-11-15(12-32-20)21(36,22(24,25)26)23(27,28)29/h2-8,11-12,17,36H,9-10,13-14,30H2,1H3/t17-/m1/s1. The number of thiophene rings is 1. The summed E-state index contributed by atoms with van der Waals surface area (Å²) in [6.45, 7) is -1.21. The Morgan fingerprint density at radius 1 is 0.977 bits per heavy atom. The third-order valence-corrected chi connectivity index (χ3v) is 11.0. The maximum atomic E-state index is 13.3. The molecule has 20 heteroatoms. The fourth-order valence-corrected chi connectivity index (χ4v) is 8.09. The van der Waals surface area contributed by atoms with Gasteiger partial charge < -0.3 is 15.7 Å². The van der Waals surface area contributed by atoms with E-state index >= 15 is 0 Å². The van der Waals surface area contributed by atoms with E-state index in [0.717, 1.165) is 26.2 Å². The van der Waals surface area contributed by atoms with Gasteiger partial charge in [0.15, 0.2) is 0 Å². The van der Waals surface area contributed by atoms with Crippen LogP contribution in [0.2, 0.25) is 0 Å². The van der Waals surface area contributed by atoms with Crippen LogP contribution in [0.4, 0.5) is 43.0 Å². The number of hydrogen-bond donors (Lipinski definition) is 2. The first-order chi connectivity index (χ1) is 19.8. The molecule has 1 saturated heterocycles. The number of sulfonamides is 2. The summed E-state index contributed by atoms with van der Waals surface area (Å²) in [5.41, 5.74) is -1.05. The smallest absolute Gasteiger partial charge is 0.391 e. The fourth-order valence-electron chi connectivity index (χ4n) is 4.43. The lowest BCUT2D eigenvalue weighted by molar-refractivity contribution is -0.376. The molecule has 0 spiro atoms. The number of aliphatic hydroxyl groups is 1. The van der Waals surface area contributed by atoms with Crippen molar-refractivity contribution in [2.75, 3.05) is 47.4 Å². The van der Waals surface area contributed by atoms with E-state index in [2.05, 4.69) is 9.97 Å². The van der Waals surface area contributed by atoms with Crippen molar-refractivity contribution in [1.29, 1.82) is 0 Å². The van der Waals surface area contributed by atoms with Crippen LogP contribution in [0.1, 0.15) is 5.56 Å². The first kappa shape index (κ1) is 32.7. The molecule has 3 heterocycles. The van der Waals surface area contributed by atoms with Crippen molar-refractivity contribution < 1.29 is 48.3 Å². The van der Waals surface area contributed by atoms with Gasteiger partial charge in [0, 0.05) is 37.6 Å². The number of halogens is 6. The van der Waals surface area contributed by atoms with E-state index in [1.807, 2.05) is 0 Å². The van der Waals surface area contributed by atoms with Crippen LogP contribution >= 0.6 is 11.3 Å². The van der Waals surface area contributed by atoms with Crippen LogP contribution in [0.5, 0.6) is 0 Å². The number of nitrogens with two attached hydrogens (primary N) is 1. The molecular formula is C23H24F6N6O5S3. The summed E-state index contributed by atoms with van der Waals surface area (Å²) in [6.07, 6.45) is -11.1. The van der Waals surface area contributed by atoms with Crippen LogP contribution in [0.3, 0.4) is 0 Å². The summed E-state index contributed by atoms with van der Waals surface area (Å²) in [4.78, 5) is 8.56. The number of para-hydroxylation sites is 1. The zero-order chi connectivity index (χ0) is 32.0. The molecule has 11 nitrogen and oxygen atoms in total. The second-order valence-electron chi connectivity index (χ2n) is 9.47. The molecule has 0 amide bonds. The lowest BCUT2D eigenvalue weighted by Crippen LogP contribution is -2.59. The Bertz CT molecular complexity index is 1640. The van der Waals surface area contributed by atoms with Crippen LogP contribution in [0.15, 0.2) is 59.1 Å². The van der Waals surface area contributed by atoms with Crippen LogP contribution in [0.25, 0.3) is 0 Å². The normalized spacial score (nSPS) is 17.7. The van der Waals surface area contributed by atoms with Crippen molar-refractivity contribution >= 4 is 48.0 Å². The van der Waals surface area contributed by atoms with Crippen LogP contribution in [-0.4, -0.2) is 87.0 Å². The van der Waals surface area contributed by atoms with Crippen molar-refractivity contribution in [2.24, 2.45) is 0 Å². The van der Waals surface area contributed by atoms with Gasteiger partial charge in [-0.05, 0) is 24.3 Å². The van der Waals surface area contributed by atoms with E-state index in [4.69, 9.17) is 5.73 Å². The number of benzene rings is 1. The molecule has 2 aromatic heterocycles. The molecule has 0 bridgehead atoms. The average Bonchev–Trinajstić information content (AvgIpc) is 3.37. The molecule has 43 heavy (non-hydrogen) atoms. The maximum absolute atomic E-state index is 13.3. The van der Waals surface area contributed by atoms with Crippen molar-refractivity contribution in [3.63, 3.8) is 0 Å². The second kappa shape index (κ2) is 11.4. The topological polar surface area (TPSA) is 150 Å². The molecular weight excluding hydrogens is 650 g/mol.